The van der Waals surface area contributed by atoms with Crippen LogP contribution >= 0.6 is 0 Å². The zero-order valence-corrected chi connectivity index (χ0v) is 11.3. The highest BCUT2D eigenvalue weighted by Crippen LogP contribution is 2.38. The Labute approximate surface area is 121 Å². The maximum absolute atomic E-state index is 10.1. The Bertz CT molecular complexity index is 738. The Morgan fingerprint density at radius 2 is 1.76 bits per heavy atom. The number of hydrogen-bond donors (Lipinski definition) is 4. The number of benzene rings is 2. The lowest BCUT2D eigenvalue weighted by Gasteiger charge is -2.21. The number of ether oxygens (including phenoxy) is 1. The topological polar surface area (TPSA) is 90.2 Å². The summed E-state index contributed by atoms with van der Waals surface area (Å²) in [6.07, 6.45) is 0.269. The third kappa shape index (κ3) is 2.23. The van der Waals surface area contributed by atoms with Crippen molar-refractivity contribution in [3.63, 3.8) is 0 Å². The first kappa shape index (κ1) is 13.2. The number of phenolic OH excluding ortho intramolecular Hbond substituents is 3. The molecule has 1 heterocycles. The molecule has 2 aromatic carbocycles. The van der Waals surface area contributed by atoms with Crippen LogP contribution in [-0.2, 0) is 6.42 Å². The standard InChI is InChI=1S/C16H14O5/c1-8-4-10(6-12(18)15(8)20)16-13(19)5-9-2-3-11(17)7-14(9)21-16/h2-4,6-7,17-20H,5H2,1H3. The number of rotatable bonds is 1. The van der Waals surface area contributed by atoms with E-state index in [1.807, 2.05) is 0 Å². The molecular formula is C16H14O5. The van der Waals surface area contributed by atoms with Gasteiger partial charge in [0.05, 0.1) is 0 Å². The molecule has 0 unspecified atom stereocenters. The molecule has 0 bridgehead atoms. The van der Waals surface area contributed by atoms with Gasteiger partial charge in [0.15, 0.2) is 17.3 Å². The first-order valence-electron chi connectivity index (χ1n) is 6.40. The number of aliphatic hydroxyl groups excluding tert-OH is 1. The van der Waals surface area contributed by atoms with Crippen LogP contribution in [0.25, 0.3) is 5.76 Å². The van der Waals surface area contributed by atoms with Gasteiger partial charge in [-0.25, -0.2) is 0 Å². The summed E-state index contributed by atoms with van der Waals surface area (Å²) >= 11 is 0. The lowest BCUT2D eigenvalue weighted by Crippen LogP contribution is -2.09. The summed E-state index contributed by atoms with van der Waals surface area (Å²) in [6.45, 7) is 1.64. The second kappa shape index (κ2) is 4.63. The molecule has 0 amide bonds. The summed E-state index contributed by atoms with van der Waals surface area (Å²) in [5, 5.41) is 38.9. The lowest BCUT2D eigenvalue weighted by molar-refractivity contribution is 0.356. The molecule has 5 heteroatoms. The normalized spacial score (nSPS) is 13.8. The van der Waals surface area contributed by atoms with Crippen LogP contribution in [0.2, 0.25) is 0 Å². The van der Waals surface area contributed by atoms with Crippen LogP contribution in [0.1, 0.15) is 16.7 Å². The van der Waals surface area contributed by atoms with E-state index >= 15 is 0 Å². The minimum Gasteiger partial charge on any atom is -0.508 e. The monoisotopic (exact) mass is 286 g/mol. The van der Waals surface area contributed by atoms with Crippen molar-refractivity contribution in [1.29, 1.82) is 0 Å². The number of allylic oxidation sites excluding steroid dienone is 1. The fourth-order valence-corrected chi connectivity index (χ4v) is 2.33. The largest absolute Gasteiger partial charge is 0.508 e. The average Bonchev–Trinajstić information content (AvgIpc) is 2.44. The van der Waals surface area contributed by atoms with Gasteiger partial charge in [0, 0.05) is 23.6 Å². The summed E-state index contributed by atoms with van der Waals surface area (Å²) in [6, 6.07) is 7.60. The van der Waals surface area contributed by atoms with Gasteiger partial charge in [-0.2, -0.15) is 0 Å². The number of fused-ring (bicyclic) bond motifs is 1. The predicted molar refractivity (Wildman–Crippen MR) is 76.5 cm³/mol. The molecule has 0 spiro atoms. The number of aromatic hydroxyl groups is 3. The van der Waals surface area contributed by atoms with Crippen molar-refractivity contribution in [3.8, 4) is 23.0 Å². The van der Waals surface area contributed by atoms with E-state index in [9.17, 15) is 20.4 Å². The molecule has 0 fully saturated rings. The summed E-state index contributed by atoms with van der Waals surface area (Å²) < 4.78 is 5.64. The van der Waals surface area contributed by atoms with Gasteiger partial charge < -0.3 is 25.2 Å². The average molecular weight is 286 g/mol. The van der Waals surface area contributed by atoms with Crippen molar-refractivity contribution in [1.82, 2.24) is 0 Å². The molecule has 0 aromatic heterocycles. The van der Waals surface area contributed by atoms with Gasteiger partial charge in [-0.3, -0.25) is 0 Å². The Morgan fingerprint density at radius 1 is 1.00 bits per heavy atom. The van der Waals surface area contributed by atoms with Crippen LogP contribution in [-0.4, -0.2) is 20.4 Å². The first-order chi connectivity index (χ1) is 9.95. The van der Waals surface area contributed by atoms with Crippen molar-refractivity contribution in [2.24, 2.45) is 0 Å². The molecule has 0 saturated heterocycles. The summed E-state index contributed by atoms with van der Waals surface area (Å²) in [5.41, 5.74) is 1.68. The molecule has 0 saturated carbocycles. The second-order valence-electron chi connectivity index (χ2n) is 5.01. The number of hydrogen-bond acceptors (Lipinski definition) is 5. The zero-order chi connectivity index (χ0) is 15.1. The minimum atomic E-state index is -0.282. The molecule has 108 valence electrons. The molecular weight excluding hydrogens is 272 g/mol. The van der Waals surface area contributed by atoms with Crippen molar-refractivity contribution >= 4 is 5.76 Å². The summed E-state index contributed by atoms with van der Waals surface area (Å²) in [7, 11) is 0. The highest BCUT2D eigenvalue weighted by molar-refractivity contribution is 5.70. The van der Waals surface area contributed by atoms with E-state index in [2.05, 4.69) is 0 Å². The first-order valence-corrected chi connectivity index (χ1v) is 6.40. The smallest absolute Gasteiger partial charge is 0.172 e. The van der Waals surface area contributed by atoms with Crippen LogP contribution in [0.4, 0.5) is 0 Å². The Hall–Kier alpha value is -2.82. The highest BCUT2D eigenvalue weighted by Gasteiger charge is 2.22. The molecule has 0 aliphatic carbocycles. The van der Waals surface area contributed by atoms with Gasteiger partial charge >= 0.3 is 0 Å². The second-order valence-corrected chi connectivity index (χ2v) is 5.01. The summed E-state index contributed by atoms with van der Waals surface area (Å²) in [4.78, 5) is 0. The third-order valence-electron chi connectivity index (χ3n) is 3.43. The number of aryl methyl sites for hydroxylation is 1. The van der Waals surface area contributed by atoms with Gasteiger partial charge in [0.25, 0.3) is 0 Å². The highest BCUT2D eigenvalue weighted by atomic mass is 16.5. The van der Waals surface area contributed by atoms with Gasteiger partial charge in [-0.05, 0) is 30.7 Å². The van der Waals surface area contributed by atoms with E-state index in [1.54, 1.807) is 19.1 Å². The SMILES string of the molecule is Cc1cc(C2=C(O)Cc3ccc(O)cc3O2)cc(O)c1O. The van der Waals surface area contributed by atoms with Gasteiger partial charge in [-0.1, -0.05) is 6.07 Å². The predicted octanol–water partition coefficient (Wildman–Crippen LogP) is 2.97. The molecule has 5 nitrogen and oxygen atoms in total. The molecule has 1 aliphatic heterocycles. The van der Waals surface area contributed by atoms with Crippen molar-refractivity contribution < 1.29 is 25.2 Å². The molecule has 21 heavy (non-hydrogen) atoms. The Morgan fingerprint density at radius 3 is 2.48 bits per heavy atom. The van der Waals surface area contributed by atoms with Crippen LogP contribution in [0.3, 0.4) is 0 Å². The van der Waals surface area contributed by atoms with E-state index in [-0.39, 0.29) is 35.2 Å². The van der Waals surface area contributed by atoms with Gasteiger partial charge in [0.2, 0.25) is 0 Å². The fourth-order valence-electron chi connectivity index (χ4n) is 2.33. The molecule has 1 aliphatic rings. The van der Waals surface area contributed by atoms with E-state index in [0.29, 0.717) is 16.9 Å². The maximum Gasteiger partial charge on any atom is 0.172 e. The Balaban J connectivity index is 2.07. The Kier molecular flexibility index (Phi) is 2.90. The zero-order valence-electron chi connectivity index (χ0n) is 11.3. The van der Waals surface area contributed by atoms with Crippen LogP contribution in [0.5, 0.6) is 23.0 Å². The maximum atomic E-state index is 10.1. The van der Waals surface area contributed by atoms with Crippen LogP contribution in [0.15, 0.2) is 36.1 Å². The molecule has 2 aromatic rings. The molecule has 0 radical (unpaired) electrons. The number of phenols is 3. The number of aliphatic hydroxyl groups is 1. The van der Waals surface area contributed by atoms with E-state index < -0.39 is 0 Å². The molecule has 3 rings (SSSR count). The van der Waals surface area contributed by atoms with E-state index in [1.165, 1.54) is 18.2 Å². The summed E-state index contributed by atoms with van der Waals surface area (Å²) in [5.74, 6) is 0.264. The van der Waals surface area contributed by atoms with Gasteiger partial charge in [0.1, 0.15) is 17.3 Å². The molecule has 4 N–H and O–H groups in total. The van der Waals surface area contributed by atoms with Crippen LogP contribution < -0.4 is 4.74 Å². The lowest BCUT2D eigenvalue weighted by atomic mass is 10.0. The third-order valence-corrected chi connectivity index (χ3v) is 3.43. The van der Waals surface area contributed by atoms with Crippen molar-refractivity contribution in [2.75, 3.05) is 0 Å². The van der Waals surface area contributed by atoms with Gasteiger partial charge in [-0.15, -0.1) is 0 Å². The fraction of sp³-hybridized carbons (Fsp3) is 0.125. The van der Waals surface area contributed by atoms with Crippen molar-refractivity contribution in [2.45, 2.75) is 13.3 Å². The minimum absolute atomic E-state index is 0.0256. The van der Waals surface area contributed by atoms with Crippen LogP contribution in [0, 0.1) is 6.92 Å². The van der Waals surface area contributed by atoms with Crippen molar-refractivity contribution in [3.05, 3.63) is 52.8 Å². The van der Waals surface area contributed by atoms with E-state index in [0.717, 1.165) is 5.56 Å². The van der Waals surface area contributed by atoms with E-state index in [4.69, 9.17) is 4.74 Å². The quantitative estimate of drug-likeness (QED) is 0.605. The molecule has 0 atom stereocenters.